The molecule has 0 amide bonds. The van der Waals surface area contributed by atoms with Gasteiger partial charge in [-0.2, -0.15) is 0 Å². The molecular formula is C23H29N3O2. The number of hydrogen-bond acceptors (Lipinski definition) is 3. The lowest BCUT2D eigenvalue weighted by Crippen LogP contribution is -2.32. The van der Waals surface area contributed by atoms with E-state index in [2.05, 4.69) is 13.8 Å². The Labute approximate surface area is 165 Å². The summed E-state index contributed by atoms with van der Waals surface area (Å²) in [7, 11) is 1.90. The maximum Gasteiger partial charge on any atom is 0.266 e. The van der Waals surface area contributed by atoms with E-state index in [0.29, 0.717) is 29.4 Å². The van der Waals surface area contributed by atoms with E-state index in [9.17, 15) is 9.59 Å². The van der Waals surface area contributed by atoms with Crippen LogP contribution in [0.4, 0.5) is 0 Å². The van der Waals surface area contributed by atoms with Crippen LogP contribution in [0.1, 0.15) is 64.1 Å². The van der Waals surface area contributed by atoms with Gasteiger partial charge in [-0.25, -0.2) is 4.98 Å². The molecule has 0 N–H and O–H groups in total. The topological polar surface area (TPSA) is 56.9 Å². The highest BCUT2D eigenvalue weighted by molar-refractivity contribution is 5.91. The summed E-state index contributed by atoms with van der Waals surface area (Å²) in [5, 5.41) is 0.807. The zero-order valence-corrected chi connectivity index (χ0v) is 17.1. The molecule has 0 aliphatic heterocycles. The van der Waals surface area contributed by atoms with Crippen LogP contribution < -0.4 is 11.0 Å². The Morgan fingerprint density at radius 3 is 2.54 bits per heavy atom. The Hall–Kier alpha value is -2.43. The molecular weight excluding hydrogens is 350 g/mol. The smallest absolute Gasteiger partial charge is 0.266 e. The van der Waals surface area contributed by atoms with Crippen molar-refractivity contribution in [3.63, 3.8) is 0 Å². The first-order valence-corrected chi connectivity index (χ1v) is 10.5. The number of nitrogens with zero attached hydrogens (tertiary/aromatic N) is 3. The number of aryl methyl sites for hydroxylation is 1. The third-order valence-electron chi connectivity index (χ3n) is 6.13. The molecule has 1 fully saturated rings. The summed E-state index contributed by atoms with van der Waals surface area (Å²) in [4.78, 5) is 31.7. The van der Waals surface area contributed by atoms with Crippen LogP contribution in [0, 0.1) is 5.92 Å². The molecule has 0 radical (unpaired) electrons. The van der Waals surface area contributed by atoms with E-state index >= 15 is 0 Å². The first kappa shape index (κ1) is 18.9. The second kappa shape index (κ2) is 7.53. The van der Waals surface area contributed by atoms with Gasteiger partial charge in [0.05, 0.1) is 5.52 Å². The molecule has 4 rings (SSSR count). The highest BCUT2D eigenvalue weighted by Crippen LogP contribution is 2.32. The van der Waals surface area contributed by atoms with Gasteiger partial charge in [0, 0.05) is 24.9 Å². The van der Waals surface area contributed by atoms with Crippen molar-refractivity contribution in [1.82, 2.24) is 14.1 Å². The Kier molecular flexibility index (Phi) is 5.09. The summed E-state index contributed by atoms with van der Waals surface area (Å²) in [6.07, 6.45) is 6.66. The van der Waals surface area contributed by atoms with Gasteiger partial charge in [0.2, 0.25) is 5.43 Å². The first-order valence-electron chi connectivity index (χ1n) is 10.5. The molecule has 5 heteroatoms. The summed E-state index contributed by atoms with van der Waals surface area (Å²) in [5.74, 6) is 1.67. The lowest BCUT2D eigenvalue weighted by atomic mass is 9.88. The number of pyridine rings is 1. The summed E-state index contributed by atoms with van der Waals surface area (Å²) in [6, 6.07) is 7.47. The van der Waals surface area contributed by atoms with Crippen molar-refractivity contribution < 1.29 is 0 Å². The van der Waals surface area contributed by atoms with Gasteiger partial charge in [-0.05, 0) is 37.3 Å². The number of para-hydroxylation sites is 1. The molecule has 1 aromatic carbocycles. The van der Waals surface area contributed by atoms with Gasteiger partial charge in [0.1, 0.15) is 11.2 Å². The lowest BCUT2D eigenvalue weighted by molar-refractivity contribution is 0.399. The molecule has 1 saturated carbocycles. The number of hydrogen-bond donors (Lipinski definition) is 0. The molecule has 0 bridgehead atoms. The molecule has 3 aromatic rings. The number of benzene rings is 1. The standard InChI is InChI=1S/C23H29N3O2/c1-15(2)13-14-26-21(16-9-5-4-6-10-16)24-22-19(23(26)28)20(27)17-11-7-8-12-18(17)25(22)3/h7-8,11-12,15-16H,4-6,9-10,13-14H2,1-3H3. The summed E-state index contributed by atoms with van der Waals surface area (Å²) in [6.45, 7) is 4.94. The third-order valence-corrected chi connectivity index (χ3v) is 6.13. The van der Waals surface area contributed by atoms with Crippen LogP contribution in [0.2, 0.25) is 0 Å². The van der Waals surface area contributed by atoms with E-state index in [1.807, 2.05) is 34.4 Å². The van der Waals surface area contributed by atoms with Crippen molar-refractivity contribution in [3.05, 3.63) is 50.7 Å². The molecule has 2 aromatic heterocycles. The van der Waals surface area contributed by atoms with Gasteiger partial charge in [0.15, 0.2) is 5.65 Å². The molecule has 2 heterocycles. The van der Waals surface area contributed by atoms with Crippen LogP contribution in [0.5, 0.6) is 0 Å². The van der Waals surface area contributed by atoms with Gasteiger partial charge in [-0.3, -0.25) is 14.2 Å². The van der Waals surface area contributed by atoms with Crippen LogP contribution in [0.25, 0.3) is 21.9 Å². The van der Waals surface area contributed by atoms with Crippen molar-refractivity contribution in [1.29, 1.82) is 0 Å². The highest BCUT2D eigenvalue weighted by atomic mass is 16.1. The summed E-state index contributed by atoms with van der Waals surface area (Å²) in [5.41, 5.74) is 0.976. The second-order valence-corrected chi connectivity index (χ2v) is 8.55. The minimum absolute atomic E-state index is 0.169. The van der Waals surface area contributed by atoms with E-state index in [1.165, 1.54) is 19.3 Å². The van der Waals surface area contributed by atoms with Crippen LogP contribution in [-0.2, 0) is 13.6 Å². The Morgan fingerprint density at radius 1 is 1.11 bits per heavy atom. The van der Waals surface area contributed by atoms with Gasteiger partial charge >= 0.3 is 0 Å². The Balaban J connectivity index is 2.04. The zero-order chi connectivity index (χ0) is 19.8. The van der Waals surface area contributed by atoms with Crippen molar-refractivity contribution in [2.24, 2.45) is 13.0 Å². The third kappa shape index (κ3) is 3.17. The van der Waals surface area contributed by atoms with Crippen molar-refractivity contribution in [3.8, 4) is 0 Å². The van der Waals surface area contributed by atoms with Gasteiger partial charge in [-0.1, -0.05) is 45.2 Å². The van der Waals surface area contributed by atoms with Crippen LogP contribution >= 0.6 is 0 Å². The second-order valence-electron chi connectivity index (χ2n) is 8.55. The first-order chi connectivity index (χ1) is 13.5. The molecule has 28 heavy (non-hydrogen) atoms. The SMILES string of the molecule is CC(C)CCn1c(C2CCCCC2)nc2c(c(=O)c3ccccc3n2C)c1=O. The number of aromatic nitrogens is 3. The van der Waals surface area contributed by atoms with E-state index < -0.39 is 0 Å². The van der Waals surface area contributed by atoms with E-state index in [0.717, 1.165) is 30.6 Å². The lowest BCUT2D eigenvalue weighted by Gasteiger charge is -2.25. The maximum atomic E-state index is 13.5. The number of rotatable bonds is 4. The van der Waals surface area contributed by atoms with E-state index in [1.54, 1.807) is 6.07 Å². The largest absolute Gasteiger partial charge is 0.328 e. The zero-order valence-electron chi connectivity index (χ0n) is 17.1. The van der Waals surface area contributed by atoms with Crippen molar-refractivity contribution in [2.45, 2.75) is 64.8 Å². The van der Waals surface area contributed by atoms with Crippen LogP contribution in [-0.4, -0.2) is 14.1 Å². The molecule has 1 aliphatic rings. The van der Waals surface area contributed by atoms with Gasteiger partial charge < -0.3 is 4.57 Å². The van der Waals surface area contributed by atoms with E-state index in [-0.39, 0.29) is 16.4 Å². The van der Waals surface area contributed by atoms with Gasteiger partial charge in [-0.15, -0.1) is 0 Å². The predicted octanol–water partition coefficient (Wildman–Crippen LogP) is 4.34. The molecule has 148 valence electrons. The summed E-state index contributed by atoms with van der Waals surface area (Å²) < 4.78 is 3.72. The normalized spacial score (nSPS) is 15.7. The minimum atomic E-state index is -0.199. The Bertz CT molecular complexity index is 1130. The quantitative estimate of drug-likeness (QED) is 0.634. The van der Waals surface area contributed by atoms with E-state index in [4.69, 9.17) is 4.98 Å². The Morgan fingerprint density at radius 2 is 1.82 bits per heavy atom. The fraction of sp³-hybridized carbons (Fsp3) is 0.522. The van der Waals surface area contributed by atoms with Gasteiger partial charge in [0.25, 0.3) is 5.56 Å². The minimum Gasteiger partial charge on any atom is -0.328 e. The molecule has 5 nitrogen and oxygen atoms in total. The highest BCUT2D eigenvalue weighted by Gasteiger charge is 2.24. The molecule has 0 atom stereocenters. The van der Waals surface area contributed by atoms with Crippen LogP contribution in [0.3, 0.4) is 0 Å². The average molecular weight is 380 g/mol. The molecule has 0 saturated heterocycles. The van der Waals surface area contributed by atoms with Crippen molar-refractivity contribution >= 4 is 21.9 Å². The summed E-state index contributed by atoms with van der Waals surface area (Å²) >= 11 is 0. The van der Waals surface area contributed by atoms with Crippen molar-refractivity contribution in [2.75, 3.05) is 0 Å². The van der Waals surface area contributed by atoms with Crippen LogP contribution in [0.15, 0.2) is 33.9 Å². The monoisotopic (exact) mass is 379 g/mol. The average Bonchev–Trinajstić information content (AvgIpc) is 2.71. The maximum absolute atomic E-state index is 13.5. The fourth-order valence-electron chi connectivity index (χ4n) is 4.48. The fourth-order valence-corrected chi connectivity index (χ4v) is 4.48. The predicted molar refractivity (Wildman–Crippen MR) is 114 cm³/mol. The molecule has 0 spiro atoms. The number of fused-ring (bicyclic) bond motifs is 2. The molecule has 1 aliphatic carbocycles. The molecule has 0 unspecified atom stereocenters.